The summed E-state index contributed by atoms with van der Waals surface area (Å²) < 4.78 is 11.6. The molecule has 4 rings (SSSR count). The molecular formula is C26H33NO4. The van der Waals surface area contributed by atoms with E-state index in [1.165, 1.54) is 5.56 Å². The first kappa shape index (κ1) is 21.7. The number of aliphatic hydroxyl groups is 1. The molecule has 0 unspecified atom stereocenters. The van der Waals surface area contributed by atoms with Gasteiger partial charge in [-0.05, 0) is 41.9 Å². The molecule has 31 heavy (non-hydrogen) atoms. The van der Waals surface area contributed by atoms with Gasteiger partial charge in [-0.25, -0.2) is 0 Å². The second kappa shape index (κ2) is 8.91. The molecule has 5 nitrogen and oxygen atoms in total. The van der Waals surface area contributed by atoms with Gasteiger partial charge < -0.3 is 19.5 Å². The van der Waals surface area contributed by atoms with Gasteiger partial charge in [0, 0.05) is 18.5 Å². The molecule has 1 amide bonds. The number of para-hydroxylation sites is 1. The maximum Gasteiger partial charge on any atom is 0.223 e. The number of aliphatic hydroxyl groups excluding tert-OH is 1. The number of fused-ring (bicyclic) bond motifs is 1. The highest BCUT2D eigenvalue weighted by Crippen LogP contribution is 2.43. The summed E-state index contributed by atoms with van der Waals surface area (Å²) in [7, 11) is 0. The number of nitrogens with zero attached hydrogens (tertiary/aromatic N) is 1. The lowest BCUT2D eigenvalue weighted by Crippen LogP contribution is -2.31. The fourth-order valence-corrected chi connectivity index (χ4v) is 4.52. The molecule has 2 aromatic rings. The number of rotatable bonds is 5. The SMILES string of the molecule is CC(C)(C)c1ccc([C@H](O)CCC(=O)N2CCC[C@@H]2c2cccc3c2OCCO3)cc1. The van der Waals surface area contributed by atoms with Crippen LogP contribution in [0.5, 0.6) is 11.5 Å². The molecule has 0 radical (unpaired) electrons. The molecule has 0 saturated carbocycles. The quantitative estimate of drug-likeness (QED) is 0.741. The van der Waals surface area contributed by atoms with Crippen molar-refractivity contribution in [3.05, 3.63) is 59.2 Å². The van der Waals surface area contributed by atoms with Gasteiger partial charge in [0.15, 0.2) is 11.5 Å². The highest BCUT2D eigenvalue weighted by Gasteiger charge is 2.33. The van der Waals surface area contributed by atoms with Gasteiger partial charge in [-0.2, -0.15) is 0 Å². The Hall–Kier alpha value is -2.53. The second-order valence-corrected chi connectivity index (χ2v) is 9.54. The predicted octanol–water partition coefficient (Wildman–Crippen LogP) is 4.93. The molecule has 0 aliphatic carbocycles. The summed E-state index contributed by atoms with van der Waals surface area (Å²) in [5, 5.41) is 10.6. The number of carbonyl (C=O) groups excluding carboxylic acids is 1. The minimum absolute atomic E-state index is 0.00682. The maximum absolute atomic E-state index is 13.1. The molecule has 0 bridgehead atoms. The third-order valence-electron chi connectivity index (χ3n) is 6.32. The number of ether oxygens (including phenoxy) is 2. The van der Waals surface area contributed by atoms with Gasteiger partial charge in [0.2, 0.25) is 5.91 Å². The molecule has 0 spiro atoms. The standard InChI is InChI=1S/C26H33NO4/c1-26(2,3)19-11-9-18(10-12-19)22(28)13-14-24(29)27-15-5-7-21(27)20-6-4-8-23-25(20)31-17-16-30-23/h4,6,8-12,21-22,28H,5,7,13-17H2,1-3H3/t21-,22-/m1/s1. The van der Waals surface area contributed by atoms with Crippen molar-refractivity contribution in [1.29, 1.82) is 0 Å². The Morgan fingerprint density at radius 2 is 1.87 bits per heavy atom. The molecule has 1 N–H and O–H groups in total. The highest BCUT2D eigenvalue weighted by atomic mass is 16.6. The molecule has 1 fully saturated rings. The first-order chi connectivity index (χ1) is 14.8. The Labute approximate surface area is 185 Å². The highest BCUT2D eigenvalue weighted by molar-refractivity contribution is 5.77. The first-order valence-electron chi connectivity index (χ1n) is 11.3. The van der Waals surface area contributed by atoms with Crippen LogP contribution in [0.3, 0.4) is 0 Å². The molecule has 2 aliphatic rings. The minimum Gasteiger partial charge on any atom is -0.486 e. The van der Waals surface area contributed by atoms with Crippen molar-refractivity contribution in [3.63, 3.8) is 0 Å². The van der Waals surface area contributed by atoms with Crippen molar-refractivity contribution in [3.8, 4) is 11.5 Å². The van der Waals surface area contributed by atoms with Crippen molar-refractivity contribution in [2.75, 3.05) is 19.8 Å². The number of amides is 1. The Kier molecular flexibility index (Phi) is 6.24. The van der Waals surface area contributed by atoms with E-state index in [2.05, 4.69) is 32.9 Å². The summed E-state index contributed by atoms with van der Waals surface area (Å²) in [5.41, 5.74) is 3.20. The Morgan fingerprint density at radius 3 is 2.61 bits per heavy atom. The lowest BCUT2D eigenvalue weighted by atomic mass is 9.86. The second-order valence-electron chi connectivity index (χ2n) is 9.54. The van der Waals surface area contributed by atoms with E-state index in [1.54, 1.807) is 0 Å². The van der Waals surface area contributed by atoms with E-state index in [1.807, 2.05) is 35.2 Å². The largest absolute Gasteiger partial charge is 0.486 e. The van der Waals surface area contributed by atoms with E-state index < -0.39 is 6.10 Å². The minimum atomic E-state index is -0.639. The van der Waals surface area contributed by atoms with Crippen LogP contribution < -0.4 is 9.47 Å². The number of carbonyl (C=O) groups is 1. The number of likely N-dealkylation sites (tertiary alicyclic amines) is 1. The Morgan fingerprint density at radius 1 is 1.13 bits per heavy atom. The van der Waals surface area contributed by atoms with E-state index in [-0.39, 0.29) is 17.4 Å². The molecule has 5 heteroatoms. The number of benzene rings is 2. The smallest absolute Gasteiger partial charge is 0.223 e. The van der Waals surface area contributed by atoms with Crippen LogP contribution in [0.4, 0.5) is 0 Å². The molecule has 1 saturated heterocycles. The fourth-order valence-electron chi connectivity index (χ4n) is 4.52. The van der Waals surface area contributed by atoms with Gasteiger partial charge >= 0.3 is 0 Å². The summed E-state index contributed by atoms with van der Waals surface area (Å²) in [6, 6.07) is 14.0. The topological polar surface area (TPSA) is 59.0 Å². The molecule has 2 aliphatic heterocycles. The van der Waals surface area contributed by atoms with Gasteiger partial charge in [0.25, 0.3) is 0 Å². The van der Waals surface area contributed by atoms with Gasteiger partial charge in [0.05, 0.1) is 12.1 Å². The van der Waals surface area contributed by atoms with Crippen LogP contribution in [0.15, 0.2) is 42.5 Å². The molecule has 2 heterocycles. The van der Waals surface area contributed by atoms with E-state index in [9.17, 15) is 9.90 Å². The van der Waals surface area contributed by atoms with Gasteiger partial charge in [0.1, 0.15) is 13.2 Å². The summed E-state index contributed by atoms with van der Waals surface area (Å²) in [6.45, 7) is 8.34. The zero-order valence-corrected chi connectivity index (χ0v) is 18.8. The summed E-state index contributed by atoms with van der Waals surface area (Å²) in [5.74, 6) is 1.62. The number of hydrogen-bond donors (Lipinski definition) is 1. The van der Waals surface area contributed by atoms with Crippen LogP contribution in [-0.4, -0.2) is 35.7 Å². The van der Waals surface area contributed by atoms with Crippen molar-refractivity contribution >= 4 is 5.91 Å². The number of hydrogen-bond acceptors (Lipinski definition) is 4. The Bertz CT molecular complexity index is 916. The van der Waals surface area contributed by atoms with Crippen molar-refractivity contribution in [1.82, 2.24) is 4.90 Å². The van der Waals surface area contributed by atoms with E-state index in [4.69, 9.17) is 9.47 Å². The lowest BCUT2D eigenvalue weighted by Gasteiger charge is -2.29. The lowest BCUT2D eigenvalue weighted by molar-refractivity contribution is -0.132. The fraction of sp³-hybridized carbons (Fsp3) is 0.500. The summed E-state index contributed by atoms with van der Waals surface area (Å²) >= 11 is 0. The van der Waals surface area contributed by atoms with E-state index >= 15 is 0 Å². The predicted molar refractivity (Wildman–Crippen MR) is 120 cm³/mol. The van der Waals surface area contributed by atoms with Crippen LogP contribution >= 0.6 is 0 Å². The molecule has 2 aromatic carbocycles. The van der Waals surface area contributed by atoms with E-state index in [0.29, 0.717) is 26.1 Å². The van der Waals surface area contributed by atoms with Gasteiger partial charge in [-0.15, -0.1) is 0 Å². The molecule has 166 valence electrons. The monoisotopic (exact) mass is 423 g/mol. The van der Waals surface area contributed by atoms with Crippen molar-refractivity contribution in [2.24, 2.45) is 0 Å². The zero-order valence-electron chi connectivity index (χ0n) is 18.8. The average Bonchev–Trinajstić information content (AvgIpc) is 3.26. The van der Waals surface area contributed by atoms with Gasteiger partial charge in [-0.1, -0.05) is 57.2 Å². The van der Waals surface area contributed by atoms with Crippen LogP contribution in [0, 0.1) is 0 Å². The van der Waals surface area contributed by atoms with Crippen LogP contribution in [0.1, 0.15) is 75.3 Å². The normalized spacial score (nSPS) is 19.4. The molecule has 0 aromatic heterocycles. The van der Waals surface area contributed by atoms with Crippen LogP contribution in [-0.2, 0) is 10.2 Å². The Balaban J connectivity index is 1.40. The zero-order chi connectivity index (χ0) is 22.0. The third kappa shape index (κ3) is 4.72. The average molecular weight is 424 g/mol. The van der Waals surface area contributed by atoms with Crippen molar-refractivity contribution in [2.45, 2.75) is 64.0 Å². The third-order valence-corrected chi connectivity index (χ3v) is 6.32. The summed E-state index contributed by atoms with van der Waals surface area (Å²) in [6.07, 6.45) is 1.99. The maximum atomic E-state index is 13.1. The van der Waals surface area contributed by atoms with E-state index in [0.717, 1.165) is 42.0 Å². The van der Waals surface area contributed by atoms with Crippen molar-refractivity contribution < 1.29 is 19.4 Å². The molecular weight excluding hydrogens is 390 g/mol. The van der Waals surface area contributed by atoms with Crippen LogP contribution in [0.25, 0.3) is 0 Å². The summed E-state index contributed by atoms with van der Waals surface area (Å²) in [4.78, 5) is 15.0. The van der Waals surface area contributed by atoms with Crippen LogP contribution in [0.2, 0.25) is 0 Å². The van der Waals surface area contributed by atoms with Gasteiger partial charge in [-0.3, -0.25) is 4.79 Å². The molecule has 2 atom stereocenters. The first-order valence-corrected chi connectivity index (χ1v) is 11.3.